The second-order valence-electron chi connectivity index (χ2n) is 7.90. The van der Waals surface area contributed by atoms with Crippen LogP contribution in [0.15, 0.2) is 23.0 Å². The number of nitrogens with one attached hydrogen (secondary N) is 1. The minimum absolute atomic E-state index is 0.664. The van der Waals surface area contributed by atoms with Gasteiger partial charge in [-0.3, -0.25) is 0 Å². The first-order valence-corrected chi connectivity index (χ1v) is 9.08. The molecule has 21 heavy (non-hydrogen) atoms. The Balaban J connectivity index is 1.52. The van der Waals surface area contributed by atoms with Gasteiger partial charge in [0.15, 0.2) is 0 Å². The molecule has 4 fully saturated rings. The SMILES string of the molecule is CCCNC(Cc1ccoc1)C1C2CC3CC(C2)CC1C3. The molecule has 116 valence electrons. The second kappa shape index (κ2) is 5.79. The maximum atomic E-state index is 5.30. The van der Waals surface area contributed by atoms with E-state index < -0.39 is 0 Å². The third-order valence-electron chi connectivity index (χ3n) is 6.46. The lowest BCUT2D eigenvalue weighted by molar-refractivity contribution is -0.0517. The van der Waals surface area contributed by atoms with Crippen LogP contribution in [-0.4, -0.2) is 12.6 Å². The standard InChI is InChI=1S/C19H29NO/c1-2-4-20-18(11-13-3-5-21-12-13)19-16-7-14-6-15(9-16)10-17(19)8-14/h3,5,12,14-20H,2,4,6-11H2,1H3. The fourth-order valence-corrected chi connectivity index (χ4v) is 5.96. The maximum absolute atomic E-state index is 5.30. The number of hydrogen-bond donors (Lipinski definition) is 1. The zero-order valence-electron chi connectivity index (χ0n) is 13.3. The summed E-state index contributed by atoms with van der Waals surface area (Å²) in [7, 11) is 0. The molecule has 4 aliphatic rings. The minimum Gasteiger partial charge on any atom is -0.472 e. The van der Waals surface area contributed by atoms with E-state index in [1.165, 1.54) is 37.7 Å². The van der Waals surface area contributed by atoms with Crippen LogP contribution in [0.1, 0.15) is 51.0 Å². The molecule has 1 heterocycles. The van der Waals surface area contributed by atoms with Crippen molar-refractivity contribution in [2.75, 3.05) is 6.54 Å². The highest BCUT2D eigenvalue weighted by atomic mass is 16.3. The van der Waals surface area contributed by atoms with Crippen LogP contribution in [0, 0.1) is 29.6 Å². The molecular formula is C19H29NO. The first-order chi connectivity index (χ1) is 10.3. The van der Waals surface area contributed by atoms with E-state index in [9.17, 15) is 0 Å². The van der Waals surface area contributed by atoms with Crippen LogP contribution in [0.3, 0.4) is 0 Å². The molecule has 0 saturated heterocycles. The predicted molar refractivity (Wildman–Crippen MR) is 85.0 cm³/mol. The Morgan fingerprint density at radius 3 is 2.43 bits per heavy atom. The van der Waals surface area contributed by atoms with Crippen molar-refractivity contribution >= 4 is 0 Å². The molecule has 4 saturated carbocycles. The Kier molecular flexibility index (Phi) is 3.83. The first kappa shape index (κ1) is 13.9. The molecule has 2 heteroatoms. The highest BCUT2D eigenvalue weighted by Gasteiger charge is 2.50. The Bertz CT molecular complexity index is 424. The highest BCUT2D eigenvalue weighted by Crippen LogP contribution is 2.57. The van der Waals surface area contributed by atoms with Crippen molar-refractivity contribution in [2.45, 2.75) is 57.9 Å². The summed E-state index contributed by atoms with van der Waals surface area (Å²) in [6.45, 7) is 3.43. The van der Waals surface area contributed by atoms with Crippen molar-refractivity contribution in [1.29, 1.82) is 0 Å². The smallest absolute Gasteiger partial charge is 0.0935 e. The van der Waals surface area contributed by atoms with E-state index in [1.54, 1.807) is 6.42 Å². The van der Waals surface area contributed by atoms with Crippen molar-refractivity contribution in [2.24, 2.45) is 29.6 Å². The van der Waals surface area contributed by atoms with Gasteiger partial charge in [0, 0.05) is 6.04 Å². The highest BCUT2D eigenvalue weighted by molar-refractivity contribution is 5.10. The van der Waals surface area contributed by atoms with Gasteiger partial charge in [0.1, 0.15) is 0 Å². The number of hydrogen-bond acceptors (Lipinski definition) is 2. The lowest BCUT2D eigenvalue weighted by atomic mass is 9.50. The monoisotopic (exact) mass is 287 g/mol. The Morgan fingerprint density at radius 2 is 1.86 bits per heavy atom. The summed E-state index contributed by atoms with van der Waals surface area (Å²) >= 11 is 0. The molecule has 0 amide bonds. The Labute approximate surface area is 128 Å². The molecule has 0 aromatic carbocycles. The van der Waals surface area contributed by atoms with Gasteiger partial charge in [-0.2, -0.15) is 0 Å². The van der Waals surface area contributed by atoms with Crippen LogP contribution < -0.4 is 5.32 Å². The zero-order valence-corrected chi connectivity index (χ0v) is 13.3. The minimum atomic E-state index is 0.664. The molecule has 4 aliphatic carbocycles. The van der Waals surface area contributed by atoms with E-state index >= 15 is 0 Å². The molecular weight excluding hydrogens is 258 g/mol. The molecule has 4 bridgehead atoms. The number of rotatable bonds is 6. The van der Waals surface area contributed by atoms with Gasteiger partial charge < -0.3 is 9.73 Å². The van der Waals surface area contributed by atoms with Crippen molar-refractivity contribution in [3.05, 3.63) is 24.2 Å². The van der Waals surface area contributed by atoms with Crippen molar-refractivity contribution < 1.29 is 4.42 Å². The third kappa shape index (κ3) is 2.67. The van der Waals surface area contributed by atoms with Gasteiger partial charge in [0.2, 0.25) is 0 Å². The fraction of sp³-hybridized carbons (Fsp3) is 0.789. The van der Waals surface area contributed by atoms with Crippen LogP contribution in [0.5, 0.6) is 0 Å². The quantitative estimate of drug-likeness (QED) is 0.845. The van der Waals surface area contributed by atoms with Gasteiger partial charge in [0.05, 0.1) is 12.5 Å². The van der Waals surface area contributed by atoms with Gasteiger partial charge in [-0.25, -0.2) is 0 Å². The molecule has 5 rings (SSSR count). The summed E-state index contributed by atoms with van der Waals surface area (Å²) in [5.74, 6) is 5.07. The first-order valence-electron chi connectivity index (χ1n) is 9.08. The van der Waals surface area contributed by atoms with Crippen LogP contribution >= 0.6 is 0 Å². The van der Waals surface area contributed by atoms with Crippen LogP contribution in [0.25, 0.3) is 0 Å². The topological polar surface area (TPSA) is 25.2 Å². The van der Waals surface area contributed by atoms with Crippen LogP contribution in [-0.2, 0) is 6.42 Å². The zero-order chi connectivity index (χ0) is 14.2. The summed E-state index contributed by atoms with van der Waals surface area (Å²) in [5, 5.41) is 3.89. The normalized spacial score (nSPS) is 38.8. The van der Waals surface area contributed by atoms with E-state index in [0.717, 1.165) is 42.6 Å². The van der Waals surface area contributed by atoms with Gasteiger partial charge in [-0.05, 0) is 92.7 Å². The molecule has 1 atom stereocenters. The molecule has 0 radical (unpaired) electrons. The van der Waals surface area contributed by atoms with Gasteiger partial charge >= 0.3 is 0 Å². The van der Waals surface area contributed by atoms with E-state index in [1.807, 2.05) is 12.5 Å². The van der Waals surface area contributed by atoms with Crippen LogP contribution in [0.2, 0.25) is 0 Å². The Morgan fingerprint density at radius 1 is 1.14 bits per heavy atom. The Hall–Kier alpha value is -0.760. The summed E-state index contributed by atoms with van der Waals surface area (Å²) in [4.78, 5) is 0. The van der Waals surface area contributed by atoms with Gasteiger partial charge in [-0.15, -0.1) is 0 Å². The van der Waals surface area contributed by atoms with Crippen LogP contribution in [0.4, 0.5) is 0 Å². The second-order valence-corrected chi connectivity index (χ2v) is 7.90. The lowest BCUT2D eigenvalue weighted by Crippen LogP contribution is -2.53. The predicted octanol–water partition coefficient (Wildman–Crippen LogP) is 4.26. The largest absolute Gasteiger partial charge is 0.472 e. The summed E-state index contributed by atoms with van der Waals surface area (Å²) in [5.41, 5.74) is 1.37. The van der Waals surface area contributed by atoms with E-state index in [0.29, 0.717) is 6.04 Å². The molecule has 0 spiro atoms. The van der Waals surface area contributed by atoms with E-state index in [2.05, 4.69) is 18.3 Å². The van der Waals surface area contributed by atoms with E-state index in [4.69, 9.17) is 4.42 Å². The molecule has 1 N–H and O–H groups in total. The van der Waals surface area contributed by atoms with Gasteiger partial charge in [-0.1, -0.05) is 6.92 Å². The summed E-state index contributed by atoms with van der Waals surface area (Å²) in [6, 6.07) is 2.81. The van der Waals surface area contributed by atoms with E-state index in [-0.39, 0.29) is 0 Å². The number of furan rings is 1. The van der Waals surface area contributed by atoms with Crippen molar-refractivity contribution in [3.63, 3.8) is 0 Å². The lowest BCUT2D eigenvalue weighted by Gasteiger charge is -2.56. The average molecular weight is 287 g/mol. The van der Waals surface area contributed by atoms with Crippen molar-refractivity contribution in [3.8, 4) is 0 Å². The fourth-order valence-electron chi connectivity index (χ4n) is 5.96. The summed E-state index contributed by atoms with van der Waals surface area (Å²) in [6.07, 6.45) is 13.8. The molecule has 0 aliphatic heterocycles. The maximum Gasteiger partial charge on any atom is 0.0935 e. The average Bonchev–Trinajstić information content (AvgIpc) is 2.96. The van der Waals surface area contributed by atoms with Crippen molar-refractivity contribution in [1.82, 2.24) is 5.32 Å². The molecule has 2 nitrogen and oxygen atoms in total. The molecule has 1 aromatic heterocycles. The summed E-state index contributed by atoms with van der Waals surface area (Å²) < 4.78 is 5.30. The van der Waals surface area contributed by atoms with Gasteiger partial charge in [0.25, 0.3) is 0 Å². The molecule has 1 unspecified atom stereocenters. The molecule has 1 aromatic rings. The third-order valence-corrected chi connectivity index (χ3v) is 6.46.